The summed E-state index contributed by atoms with van der Waals surface area (Å²) in [5.74, 6) is 0. The zero-order valence-corrected chi connectivity index (χ0v) is 10.3. The molecule has 4 heteroatoms. The molecule has 4 nitrogen and oxygen atoms in total. The van der Waals surface area contributed by atoms with Gasteiger partial charge >= 0.3 is 6.03 Å². The van der Waals surface area contributed by atoms with Gasteiger partial charge in [0.2, 0.25) is 0 Å². The third kappa shape index (κ3) is 2.03. The highest BCUT2D eigenvalue weighted by Gasteiger charge is 2.44. The van der Waals surface area contributed by atoms with Crippen molar-refractivity contribution in [2.45, 2.75) is 63.1 Å². The third-order valence-corrected chi connectivity index (χ3v) is 4.56. The number of nitrogens with zero attached hydrogens (tertiary/aromatic N) is 2. The van der Waals surface area contributed by atoms with Gasteiger partial charge in [0.05, 0.1) is 6.10 Å². The maximum absolute atomic E-state index is 12.5. The molecule has 0 aromatic rings. The Bertz CT molecular complexity index is 288. The van der Waals surface area contributed by atoms with E-state index in [-0.39, 0.29) is 12.1 Å². The van der Waals surface area contributed by atoms with Crippen molar-refractivity contribution in [2.75, 3.05) is 13.1 Å². The van der Waals surface area contributed by atoms with Crippen LogP contribution in [0.5, 0.6) is 0 Å². The lowest BCUT2D eigenvalue weighted by molar-refractivity contribution is 0.0409. The van der Waals surface area contributed by atoms with Crippen LogP contribution >= 0.6 is 0 Å². The van der Waals surface area contributed by atoms with E-state index >= 15 is 0 Å². The van der Waals surface area contributed by atoms with Crippen LogP contribution in [0.25, 0.3) is 0 Å². The van der Waals surface area contributed by atoms with Crippen molar-refractivity contribution < 1.29 is 9.90 Å². The van der Waals surface area contributed by atoms with Gasteiger partial charge in [0.1, 0.15) is 0 Å². The van der Waals surface area contributed by atoms with E-state index < -0.39 is 0 Å². The summed E-state index contributed by atoms with van der Waals surface area (Å²) in [6.45, 7) is 1.86. The number of amides is 2. The molecule has 0 aromatic carbocycles. The van der Waals surface area contributed by atoms with Crippen molar-refractivity contribution in [1.29, 1.82) is 0 Å². The summed E-state index contributed by atoms with van der Waals surface area (Å²) in [5.41, 5.74) is 0. The molecule has 2 bridgehead atoms. The van der Waals surface area contributed by atoms with Gasteiger partial charge in [-0.2, -0.15) is 0 Å². The number of hydrogen-bond donors (Lipinski definition) is 1. The molecule has 3 heterocycles. The highest BCUT2D eigenvalue weighted by molar-refractivity contribution is 5.75. The fraction of sp³-hybridized carbons (Fsp3) is 0.923. The van der Waals surface area contributed by atoms with Crippen LogP contribution in [0.2, 0.25) is 0 Å². The molecule has 3 aliphatic rings. The molecule has 0 radical (unpaired) electrons. The highest BCUT2D eigenvalue weighted by atomic mass is 16.3. The fourth-order valence-electron chi connectivity index (χ4n) is 3.71. The first-order chi connectivity index (χ1) is 8.25. The second kappa shape index (κ2) is 4.48. The molecule has 1 N–H and O–H groups in total. The van der Waals surface area contributed by atoms with Gasteiger partial charge in [0.25, 0.3) is 0 Å². The number of fused-ring (bicyclic) bond motifs is 2. The average Bonchev–Trinajstić information content (AvgIpc) is 2.62. The topological polar surface area (TPSA) is 43.8 Å². The maximum Gasteiger partial charge on any atom is 0.320 e. The van der Waals surface area contributed by atoms with Crippen molar-refractivity contribution in [1.82, 2.24) is 9.80 Å². The van der Waals surface area contributed by atoms with Crippen LogP contribution in [-0.4, -0.2) is 52.2 Å². The third-order valence-electron chi connectivity index (χ3n) is 4.56. The summed E-state index contributed by atoms with van der Waals surface area (Å²) < 4.78 is 0. The van der Waals surface area contributed by atoms with Crippen LogP contribution in [0.15, 0.2) is 0 Å². The van der Waals surface area contributed by atoms with Gasteiger partial charge < -0.3 is 14.9 Å². The normalized spacial score (nSPS) is 37.4. The van der Waals surface area contributed by atoms with E-state index in [0.717, 1.165) is 51.6 Å². The average molecular weight is 238 g/mol. The monoisotopic (exact) mass is 238 g/mol. The predicted molar refractivity (Wildman–Crippen MR) is 64.7 cm³/mol. The first-order valence-corrected chi connectivity index (χ1v) is 7.01. The molecule has 3 rings (SSSR count). The number of piperidine rings is 2. The van der Waals surface area contributed by atoms with Crippen molar-refractivity contribution in [2.24, 2.45) is 0 Å². The molecule has 0 saturated carbocycles. The van der Waals surface area contributed by atoms with E-state index in [4.69, 9.17) is 0 Å². The number of carbonyl (C=O) groups is 1. The Hall–Kier alpha value is -0.770. The minimum Gasteiger partial charge on any atom is -0.393 e. The Kier molecular flexibility index (Phi) is 2.99. The zero-order chi connectivity index (χ0) is 11.8. The molecule has 0 spiro atoms. The first kappa shape index (κ1) is 11.3. The quantitative estimate of drug-likeness (QED) is 0.696. The zero-order valence-electron chi connectivity index (χ0n) is 10.3. The van der Waals surface area contributed by atoms with Crippen molar-refractivity contribution in [3.63, 3.8) is 0 Å². The molecule has 3 aliphatic heterocycles. The number of hydrogen-bond acceptors (Lipinski definition) is 2. The predicted octanol–water partition coefficient (Wildman–Crippen LogP) is 1.58. The second-order valence-electron chi connectivity index (χ2n) is 5.75. The van der Waals surface area contributed by atoms with E-state index in [1.807, 2.05) is 4.90 Å². The second-order valence-corrected chi connectivity index (χ2v) is 5.75. The van der Waals surface area contributed by atoms with Crippen LogP contribution in [0, 0.1) is 0 Å². The summed E-state index contributed by atoms with van der Waals surface area (Å²) >= 11 is 0. The molecular formula is C13H22N2O2. The smallest absolute Gasteiger partial charge is 0.320 e. The van der Waals surface area contributed by atoms with Crippen LogP contribution in [0.4, 0.5) is 4.79 Å². The molecule has 2 unspecified atom stereocenters. The Labute approximate surface area is 103 Å². The molecule has 96 valence electrons. The van der Waals surface area contributed by atoms with Crippen molar-refractivity contribution >= 4 is 6.03 Å². The standard InChI is InChI=1S/C13H22N2O2/c16-12-8-10-4-5-11(9-12)15(10)13(17)14-6-2-1-3-7-14/h10-12,16H,1-9H2. The number of aliphatic hydroxyl groups excluding tert-OH is 1. The lowest BCUT2D eigenvalue weighted by Crippen LogP contribution is -2.54. The molecule has 2 amide bonds. The Morgan fingerprint density at radius 2 is 1.59 bits per heavy atom. The number of urea groups is 1. The van der Waals surface area contributed by atoms with Crippen LogP contribution in [-0.2, 0) is 0 Å². The van der Waals surface area contributed by atoms with Gasteiger partial charge in [-0.05, 0) is 44.9 Å². The van der Waals surface area contributed by atoms with E-state index in [0.29, 0.717) is 12.1 Å². The number of rotatable bonds is 0. The lowest BCUT2D eigenvalue weighted by Gasteiger charge is -2.41. The van der Waals surface area contributed by atoms with Gasteiger partial charge in [0.15, 0.2) is 0 Å². The summed E-state index contributed by atoms with van der Waals surface area (Å²) in [6.07, 6.45) is 7.12. The minimum atomic E-state index is -0.182. The SMILES string of the molecule is O=C(N1CCCCC1)N1C2CCC1CC(O)C2. The Balaban J connectivity index is 1.69. The van der Waals surface area contributed by atoms with Gasteiger partial charge in [-0.3, -0.25) is 0 Å². The number of carbonyl (C=O) groups excluding carboxylic acids is 1. The van der Waals surface area contributed by atoms with Gasteiger partial charge in [-0.15, -0.1) is 0 Å². The van der Waals surface area contributed by atoms with E-state index in [2.05, 4.69) is 4.90 Å². The highest BCUT2D eigenvalue weighted by Crippen LogP contribution is 2.36. The molecule has 0 aromatic heterocycles. The van der Waals surface area contributed by atoms with Crippen molar-refractivity contribution in [3.8, 4) is 0 Å². The van der Waals surface area contributed by atoms with E-state index in [9.17, 15) is 9.90 Å². The van der Waals surface area contributed by atoms with Gasteiger partial charge in [0, 0.05) is 25.2 Å². The number of aliphatic hydroxyl groups is 1. The Morgan fingerprint density at radius 1 is 1.00 bits per heavy atom. The van der Waals surface area contributed by atoms with Crippen LogP contribution in [0.1, 0.15) is 44.9 Å². The largest absolute Gasteiger partial charge is 0.393 e. The van der Waals surface area contributed by atoms with Gasteiger partial charge in [-0.25, -0.2) is 4.79 Å². The minimum absolute atomic E-state index is 0.182. The molecule has 3 saturated heterocycles. The van der Waals surface area contributed by atoms with Crippen LogP contribution < -0.4 is 0 Å². The molecule has 0 aliphatic carbocycles. The first-order valence-electron chi connectivity index (χ1n) is 7.01. The molecule has 3 fully saturated rings. The Morgan fingerprint density at radius 3 is 2.18 bits per heavy atom. The van der Waals surface area contributed by atoms with Crippen LogP contribution in [0.3, 0.4) is 0 Å². The van der Waals surface area contributed by atoms with Crippen molar-refractivity contribution in [3.05, 3.63) is 0 Å². The van der Waals surface area contributed by atoms with E-state index in [1.54, 1.807) is 0 Å². The summed E-state index contributed by atoms with van der Waals surface area (Å²) in [4.78, 5) is 16.6. The molecular weight excluding hydrogens is 216 g/mol. The summed E-state index contributed by atoms with van der Waals surface area (Å²) in [5, 5.41) is 9.75. The van der Waals surface area contributed by atoms with E-state index in [1.165, 1.54) is 6.42 Å². The number of likely N-dealkylation sites (tertiary alicyclic amines) is 1. The lowest BCUT2D eigenvalue weighted by atomic mass is 10.00. The summed E-state index contributed by atoms with van der Waals surface area (Å²) in [7, 11) is 0. The molecule has 17 heavy (non-hydrogen) atoms. The van der Waals surface area contributed by atoms with Gasteiger partial charge in [-0.1, -0.05) is 0 Å². The summed E-state index contributed by atoms with van der Waals surface area (Å²) in [6, 6.07) is 0.848. The maximum atomic E-state index is 12.5. The fourth-order valence-corrected chi connectivity index (χ4v) is 3.71. The molecule has 2 atom stereocenters.